The molecule has 0 aliphatic carbocycles. The molecule has 1 aliphatic heterocycles. The van der Waals surface area contributed by atoms with Crippen LogP contribution in [0.1, 0.15) is 0 Å². The van der Waals surface area contributed by atoms with Crippen LogP contribution < -0.4 is 0 Å². The molecule has 1 aliphatic rings. The Hall–Kier alpha value is -1.86. The highest BCUT2D eigenvalue weighted by Crippen LogP contribution is 2.16. The maximum Gasteiger partial charge on any atom is 0.490 e. The van der Waals surface area contributed by atoms with Gasteiger partial charge in [-0.15, -0.1) is 0 Å². The summed E-state index contributed by atoms with van der Waals surface area (Å²) < 4.78 is 38.8. The lowest BCUT2D eigenvalue weighted by Gasteiger charge is -2.13. The van der Waals surface area contributed by atoms with Gasteiger partial charge in [0.15, 0.2) is 0 Å². The molecule has 0 atom stereocenters. The monoisotopic (exact) mass is 237 g/mol. The van der Waals surface area contributed by atoms with Gasteiger partial charge in [0, 0.05) is 12.2 Å². The second-order valence-electron chi connectivity index (χ2n) is 2.80. The third kappa shape index (κ3) is 2.81. The minimum Gasteiger partial charge on any atom is -0.457 e. The average molecular weight is 237 g/mol. The zero-order valence-electron chi connectivity index (χ0n) is 7.78. The van der Waals surface area contributed by atoms with E-state index in [4.69, 9.17) is 0 Å². The van der Waals surface area contributed by atoms with Gasteiger partial charge >= 0.3 is 12.1 Å². The Morgan fingerprint density at radius 1 is 1.25 bits per heavy atom. The minimum atomic E-state index is -5.07. The predicted molar refractivity (Wildman–Crippen MR) is 42.9 cm³/mol. The molecular weight excluding hydrogens is 231 g/mol. The first-order valence-corrected chi connectivity index (χ1v) is 4.10. The molecule has 16 heavy (non-hydrogen) atoms. The predicted octanol–water partition coefficient (Wildman–Crippen LogP) is 0.0169. The summed E-state index contributed by atoms with van der Waals surface area (Å²) in [7, 11) is 0. The van der Waals surface area contributed by atoms with E-state index in [-0.39, 0.29) is 0 Å². The highest BCUT2D eigenvalue weighted by molar-refractivity contribution is 6.12. The van der Waals surface area contributed by atoms with Crippen molar-refractivity contribution in [1.82, 2.24) is 4.90 Å². The van der Waals surface area contributed by atoms with E-state index in [1.54, 1.807) is 0 Å². The molecule has 0 saturated heterocycles. The molecule has 1 heterocycles. The van der Waals surface area contributed by atoms with Crippen molar-refractivity contribution in [3.63, 3.8) is 0 Å². The summed E-state index contributed by atoms with van der Waals surface area (Å²) in [5, 5.41) is 0. The molecule has 88 valence electrons. The summed E-state index contributed by atoms with van der Waals surface area (Å²) in [6.07, 6.45) is -3.11. The number of rotatable bonds is 3. The molecule has 0 aromatic rings. The Kier molecular flexibility index (Phi) is 3.31. The molecule has 0 unspecified atom stereocenters. The molecule has 0 aromatic heterocycles. The summed E-state index contributed by atoms with van der Waals surface area (Å²) in [6, 6.07) is 0. The number of nitrogens with zero attached hydrogens (tertiary/aromatic N) is 1. The van der Waals surface area contributed by atoms with E-state index in [1.165, 1.54) is 0 Å². The van der Waals surface area contributed by atoms with E-state index in [1.807, 2.05) is 0 Å². The number of carbonyl (C=O) groups is 3. The first-order valence-electron chi connectivity index (χ1n) is 4.10. The first kappa shape index (κ1) is 12.2. The number of alkyl halides is 3. The number of imide groups is 1. The molecule has 5 nitrogen and oxygen atoms in total. The summed E-state index contributed by atoms with van der Waals surface area (Å²) in [4.78, 5) is 32.7. The van der Waals surface area contributed by atoms with Gasteiger partial charge in [-0.2, -0.15) is 13.2 Å². The van der Waals surface area contributed by atoms with Crippen molar-refractivity contribution in [2.45, 2.75) is 6.18 Å². The number of halogens is 3. The van der Waals surface area contributed by atoms with Gasteiger partial charge < -0.3 is 4.74 Å². The van der Waals surface area contributed by atoms with Crippen LogP contribution in [-0.2, 0) is 19.1 Å². The van der Waals surface area contributed by atoms with E-state index in [0.29, 0.717) is 4.90 Å². The number of amides is 2. The maximum absolute atomic E-state index is 11.7. The van der Waals surface area contributed by atoms with Crippen LogP contribution in [0.3, 0.4) is 0 Å². The van der Waals surface area contributed by atoms with Gasteiger partial charge in [0.1, 0.15) is 6.61 Å². The van der Waals surface area contributed by atoms with Crippen molar-refractivity contribution in [2.24, 2.45) is 0 Å². The second kappa shape index (κ2) is 4.33. The summed E-state index contributed by atoms with van der Waals surface area (Å²) >= 11 is 0. The van der Waals surface area contributed by atoms with E-state index in [2.05, 4.69) is 4.74 Å². The van der Waals surface area contributed by atoms with Crippen molar-refractivity contribution in [1.29, 1.82) is 0 Å². The van der Waals surface area contributed by atoms with Crippen molar-refractivity contribution in [3.05, 3.63) is 12.2 Å². The Balaban J connectivity index is 2.35. The quantitative estimate of drug-likeness (QED) is 0.512. The zero-order chi connectivity index (χ0) is 12.3. The molecule has 0 bridgehead atoms. The molecular formula is C8H6F3NO4. The fourth-order valence-corrected chi connectivity index (χ4v) is 0.963. The standard InChI is InChI=1S/C8H6F3NO4/c9-8(10,11)7(15)16-4-3-12-5(13)1-2-6(12)14/h1-2H,3-4H2. The molecule has 1 rings (SSSR count). The average Bonchev–Trinajstić information content (AvgIpc) is 2.47. The molecule has 0 aromatic carbocycles. The van der Waals surface area contributed by atoms with Crippen LogP contribution in [0.2, 0.25) is 0 Å². The van der Waals surface area contributed by atoms with Gasteiger partial charge in [-0.05, 0) is 0 Å². The molecule has 0 fully saturated rings. The number of hydrogen-bond acceptors (Lipinski definition) is 4. The van der Waals surface area contributed by atoms with E-state index in [9.17, 15) is 27.6 Å². The van der Waals surface area contributed by atoms with E-state index in [0.717, 1.165) is 12.2 Å². The van der Waals surface area contributed by atoms with E-state index < -0.39 is 37.1 Å². The van der Waals surface area contributed by atoms with Crippen LogP contribution >= 0.6 is 0 Å². The SMILES string of the molecule is O=C1C=CC(=O)N1CCOC(=O)C(F)(F)F. The fraction of sp³-hybridized carbons (Fsp3) is 0.375. The van der Waals surface area contributed by atoms with Crippen molar-refractivity contribution in [3.8, 4) is 0 Å². The largest absolute Gasteiger partial charge is 0.490 e. The summed E-state index contributed by atoms with van der Waals surface area (Å²) in [5.41, 5.74) is 0. The number of carbonyl (C=O) groups excluding carboxylic acids is 3. The van der Waals surface area contributed by atoms with Crippen LogP contribution in [0.4, 0.5) is 13.2 Å². The molecule has 0 N–H and O–H groups in total. The lowest BCUT2D eigenvalue weighted by atomic mass is 10.5. The van der Waals surface area contributed by atoms with Gasteiger partial charge in [-0.1, -0.05) is 0 Å². The lowest BCUT2D eigenvalue weighted by Crippen LogP contribution is -2.35. The van der Waals surface area contributed by atoms with Crippen molar-refractivity contribution in [2.75, 3.05) is 13.2 Å². The minimum absolute atomic E-state index is 0.396. The third-order valence-corrected chi connectivity index (χ3v) is 1.68. The first-order chi connectivity index (χ1) is 7.32. The van der Waals surface area contributed by atoms with Crippen molar-refractivity contribution < 1.29 is 32.3 Å². The highest BCUT2D eigenvalue weighted by atomic mass is 19.4. The lowest BCUT2D eigenvalue weighted by molar-refractivity contribution is -0.200. The molecule has 0 radical (unpaired) electrons. The Bertz CT molecular complexity index is 343. The zero-order valence-corrected chi connectivity index (χ0v) is 7.78. The van der Waals surface area contributed by atoms with Gasteiger partial charge in [0.05, 0.1) is 6.54 Å². The van der Waals surface area contributed by atoms with Crippen LogP contribution in [0, 0.1) is 0 Å². The summed E-state index contributed by atoms with van der Waals surface area (Å²) in [5.74, 6) is -3.64. The number of ether oxygens (including phenoxy) is 1. The van der Waals surface area contributed by atoms with Gasteiger partial charge in [-0.25, -0.2) is 4.79 Å². The Morgan fingerprint density at radius 3 is 2.19 bits per heavy atom. The number of hydrogen-bond donors (Lipinski definition) is 0. The number of esters is 1. The van der Waals surface area contributed by atoms with Gasteiger partial charge in [0.2, 0.25) is 0 Å². The molecule has 0 saturated carbocycles. The molecule has 2 amide bonds. The third-order valence-electron chi connectivity index (χ3n) is 1.68. The van der Waals surface area contributed by atoms with Crippen LogP contribution in [0.5, 0.6) is 0 Å². The highest BCUT2D eigenvalue weighted by Gasteiger charge is 2.41. The van der Waals surface area contributed by atoms with Crippen molar-refractivity contribution >= 4 is 17.8 Å². The smallest absolute Gasteiger partial charge is 0.457 e. The molecule has 8 heteroatoms. The van der Waals surface area contributed by atoms with Crippen LogP contribution in [0.15, 0.2) is 12.2 Å². The Labute approximate surface area is 87.5 Å². The normalized spacial score (nSPS) is 15.8. The van der Waals surface area contributed by atoms with Crippen LogP contribution in [-0.4, -0.2) is 42.0 Å². The Morgan fingerprint density at radius 2 is 1.75 bits per heavy atom. The maximum atomic E-state index is 11.7. The van der Waals surface area contributed by atoms with Gasteiger partial charge in [-0.3, -0.25) is 14.5 Å². The van der Waals surface area contributed by atoms with Gasteiger partial charge in [0.25, 0.3) is 11.8 Å². The van der Waals surface area contributed by atoms with E-state index >= 15 is 0 Å². The van der Waals surface area contributed by atoms with Crippen LogP contribution in [0.25, 0.3) is 0 Å². The fourth-order valence-electron chi connectivity index (χ4n) is 0.963. The topological polar surface area (TPSA) is 63.7 Å². The summed E-state index contributed by atoms with van der Waals surface area (Å²) in [6.45, 7) is -1.08. The second-order valence-corrected chi connectivity index (χ2v) is 2.80. The molecule has 0 spiro atoms.